The lowest BCUT2D eigenvalue weighted by Crippen LogP contribution is -2.02. The van der Waals surface area contributed by atoms with E-state index in [1.807, 2.05) is 6.07 Å². The summed E-state index contributed by atoms with van der Waals surface area (Å²) in [7, 11) is 0. The molecule has 4 heteroatoms. The Kier molecular flexibility index (Phi) is 4.22. The molecule has 0 saturated heterocycles. The molecule has 0 amide bonds. The van der Waals surface area contributed by atoms with Crippen LogP contribution in [0.4, 0.5) is 5.69 Å². The average molecular weight is 320 g/mol. The second kappa shape index (κ2) is 5.89. The molecule has 2 aromatic rings. The number of aryl methyl sites for hydroxylation is 1. The lowest BCUT2D eigenvalue weighted by atomic mass is 10.1. The molecule has 0 aliphatic carbocycles. The van der Waals surface area contributed by atoms with Gasteiger partial charge in [0.2, 0.25) is 0 Å². The van der Waals surface area contributed by atoms with Crippen molar-refractivity contribution < 1.29 is 9.90 Å². The molecule has 2 aromatic carbocycles. The van der Waals surface area contributed by atoms with Crippen molar-refractivity contribution in [3.8, 4) is 0 Å². The van der Waals surface area contributed by atoms with E-state index in [2.05, 4.69) is 46.4 Å². The van der Waals surface area contributed by atoms with E-state index in [-0.39, 0.29) is 5.56 Å². The number of benzene rings is 2. The number of carbonyl (C=O) groups is 1. The molecule has 0 spiro atoms. The highest BCUT2D eigenvalue weighted by atomic mass is 79.9. The second-order valence-electron chi connectivity index (χ2n) is 4.34. The third kappa shape index (κ3) is 3.58. The summed E-state index contributed by atoms with van der Waals surface area (Å²) in [6, 6.07) is 13.2. The van der Waals surface area contributed by atoms with Crippen LogP contribution in [0.3, 0.4) is 0 Å². The fraction of sp³-hybridized carbons (Fsp3) is 0.133. The predicted octanol–water partition coefficient (Wildman–Crippen LogP) is 4.07. The summed E-state index contributed by atoms with van der Waals surface area (Å²) in [5.74, 6) is -0.925. The molecule has 98 valence electrons. The van der Waals surface area contributed by atoms with Crippen molar-refractivity contribution in [2.45, 2.75) is 13.5 Å². The predicted molar refractivity (Wildman–Crippen MR) is 79.6 cm³/mol. The number of nitrogens with one attached hydrogen (secondary N) is 1. The maximum absolute atomic E-state index is 10.8. The van der Waals surface area contributed by atoms with Gasteiger partial charge in [-0.15, -0.1) is 0 Å². The third-order valence-electron chi connectivity index (χ3n) is 2.78. The van der Waals surface area contributed by atoms with Crippen molar-refractivity contribution >= 4 is 27.6 Å². The summed E-state index contributed by atoms with van der Waals surface area (Å²) in [5, 5.41) is 12.2. The van der Waals surface area contributed by atoms with Crippen LogP contribution < -0.4 is 5.32 Å². The average Bonchev–Trinajstić information content (AvgIpc) is 2.37. The smallest absolute Gasteiger partial charge is 0.335 e. The lowest BCUT2D eigenvalue weighted by Gasteiger charge is -2.09. The Morgan fingerprint density at radius 3 is 2.68 bits per heavy atom. The molecule has 0 aromatic heterocycles. The number of carboxylic acid groups (broad SMARTS) is 1. The van der Waals surface area contributed by atoms with Crippen LogP contribution in [0.1, 0.15) is 21.5 Å². The summed E-state index contributed by atoms with van der Waals surface area (Å²) < 4.78 is 0.750. The summed E-state index contributed by atoms with van der Waals surface area (Å²) in [6.07, 6.45) is 0. The van der Waals surface area contributed by atoms with Crippen molar-refractivity contribution in [1.29, 1.82) is 0 Å². The first-order valence-corrected chi connectivity index (χ1v) is 6.68. The highest BCUT2D eigenvalue weighted by molar-refractivity contribution is 9.10. The van der Waals surface area contributed by atoms with Gasteiger partial charge in [-0.05, 0) is 46.6 Å². The maximum atomic E-state index is 10.8. The zero-order valence-corrected chi connectivity index (χ0v) is 12.1. The van der Waals surface area contributed by atoms with Crippen LogP contribution in [-0.4, -0.2) is 11.1 Å². The minimum atomic E-state index is -0.925. The molecule has 0 radical (unpaired) electrons. The fourth-order valence-electron chi connectivity index (χ4n) is 1.81. The first kappa shape index (κ1) is 13.6. The molecule has 0 atom stereocenters. The largest absolute Gasteiger partial charge is 0.478 e. The van der Waals surface area contributed by atoms with Gasteiger partial charge < -0.3 is 10.4 Å². The van der Waals surface area contributed by atoms with Crippen LogP contribution in [0.2, 0.25) is 0 Å². The van der Waals surface area contributed by atoms with E-state index in [4.69, 9.17) is 5.11 Å². The Morgan fingerprint density at radius 2 is 2.05 bits per heavy atom. The van der Waals surface area contributed by atoms with Gasteiger partial charge in [-0.25, -0.2) is 4.79 Å². The molecular formula is C15H14BrNO2. The second-order valence-corrected chi connectivity index (χ2v) is 5.20. The highest BCUT2D eigenvalue weighted by Crippen LogP contribution is 2.24. The van der Waals surface area contributed by atoms with Crippen LogP contribution >= 0.6 is 15.9 Å². The molecule has 2 N–H and O–H groups in total. The van der Waals surface area contributed by atoms with Crippen LogP contribution in [0, 0.1) is 6.92 Å². The summed E-state index contributed by atoms with van der Waals surface area (Å²) >= 11 is 3.38. The van der Waals surface area contributed by atoms with E-state index >= 15 is 0 Å². The van der Waals surface area contributed by atoms with Gasteiger partial charge in [0.05, 0.1) is 5.56 Å². The van der Waals surface area contributed by atoms with Gasteiger partial charge in [-0.2, -0.15) is 0 Å². The molecule has 0 aliphatic heterocycles. The van der Waals surface area contributed by atoms with Crippen molar-refractivity contribution in [1.82, 2.24) is 0 Å². The molecule has 3 nitrogen and oxygen atoms in total. The molecule has 0 bridgehead atoms. The van der Waals surface area contributed by atoms with E-state index in [0.717, 1.165) is 10.2 Å². The van der Waals surface area contributed by atoms with Gasteiger partial charge >= 0.3 is 5.97 Å². The van der Waals surface area contributed by atoms with Gasteiger partial charge in [0.1, 0.15) is 0 Å². The normalized spacial score (nSPS) is 10.2. The number of rotatable bonds is 4. The molecule has 0 unspecified atom stereocenters. The SMILES string of the molecule is Cc1cccc(CNc2ccc(C(=O)O)cc2Br)c1. The quantitative estimate of drug-likeness (QED) is 0.893. The van der Waals surface area contributed by atoms with E-state index in [0.29, 0.717) is 6.54 Å². The minimum absolute atomic E-state index is 0.271. The summed E-state index contributed by atoms with van der Waals surface area (Å²) in [4.78, 5) is 10.8. The van der Waals surface area contributed by atoms with Crippen molar-refractivity contribution in [3.05, 3.63) is 63.6 Å². The number of hydrogen-bond acceptors (Lipinski definition) is 2. The number of halogens is 1. The van der Waals surface area contributed by atoms with Gasteiger partial charge in [0.25, 0.3) is 0 Å². The van der Waals surface area contributed by atoms with Gasteiger partial charge in [0.15, 0.2) is 0 Å². The Bertz CT molecular complexity index is 611. The zero-order chi connectivity index (χ0) is 13.8. The first-order chi connectivity index (χ1) is 9.06. The number of aromatic carboxylic acids is 1. The van der Waals surface area contributed by atoms with Crippen LogP contribution in [0.25, 0.3) is 0 Å². The number of anilines is 1. The van der Waals surface area contributed by atoms with Gasteiger partial charge in [-0.3, -0.25) is 0 Å². The molecule has 2 rings (SSSR count). The summed E-state index contributed by atoms with van der Waals surface area (Å²) in [5.41, 5.74) is 3.56. The van der Waals surface area contributed by atoms with Crippen LogP contribution in [0.5, 0.6) is 0 Å². The highest BCUT2D eigenvalue weighted by Gasteiger charge is 2.06. The Hall–Kier alpha value is -1.81. The molecule has 0 fully saturated rings. The Balaban J connectivity index is 2.10. The van der Waals surface area contributed by atoms with E-state index < -0.39 is 5.97 Å². The molecule has 0 heterocycles. The number of carboxylic acids is 1. The molecule has 0 saturated carbocycles. The minimum Gasteiger partial charge on any atom is -0.478 e. The summed E-state index contributed by atoms with van der Waals surface area (Å²) in [6.45, 7) is 2.76. The standard InChI is InChI=1S/C15H14BrNO2/c1-10-3-2-4-11(7-10)9-17-14-6-5-12(15(18)19)8-13(14)16/h2-8,17H,9H2,1H3,(H,18,19). The third-order valence-corrected chi connectivity index (χ3v) is 3.44. The monoisotopic (exact) mass is 319 g/mol. The van der Waals surface area contributed by atoms with E-state index in [1.165, 1.54) is 11.1 Å². The molecule has 19 heavy (non-hydrogen) atoms. The van der Waals surface area contributed by atoms with Crippen LogP contribution in [0.15, 0.2) is 46.9 Å². The Labute approximate surface area is 120 Å². The van der Waals surface area contributed by atoms with E-state index in [9.17, 15) is 4.79 Å². The number of hydrogen-bond donors (Lipinski definition) is 2. The van der Waals surface area contributed by atoms with E-state index in [1.54, 1.807) is 18.2 Å². The Morgan fingerprint density at radius 1 is 1.26 bits per heavy atom. The fourth-order valence-corrected chi connectivity index (χ4v) is 2.33. The zero-order valence-electron chi connectivity index (χ0n) is 10.5. The first-order valence-electron chi connectivity index (χ1n) is 5.88. The van der Waals surface area contributed by atoms with Crippen molar-refractivity contribution in [3.63, 3.8) is 0 Å². The van der Waals surface area contributed by atoms with Crippen molar-refractivity contribution in [2.24, 2.45) is 0 Å². The molecule has 0 aliphatic rings. The lowest BCUT2D eigenvalue weighted by molar-refractivity contribution is 0.0697. The van der Waals surface area contributed by atoms with Gasteiger partial charge in [0, 0.05) is 16.7 Å². The molecular weight excluding hydrogens is 306 g/mol. The topological polar surface area (TPSA) is 49.3 Å². The van der Waals surface area contributed by atoms with Crippen molar-refractivity contribution in [2.75, 3.05) is 5.32 Å². The van der Waals surface area contributed by atoms with Crippen LogP contribution in [-0.2, 0) is 6.54 Å². The maximum Gasteiger partial charge on any atom is 0.335 e. The van der Waals surface area contributed by atoms with Gasteiger partial charge in [-0.1, -0.05) is 29.8 Å².